The van der Waals surface area contributed by atoms with Gasteiger partial charge >= 0.3 is 0 Å². The second-order valence-corrected chi connectivity index (χ2v) is 5.42. The SMILES string of the molecule is CC1(C)C=CC2=C(C=C1)C(=O)N(I)C2. The summed E-state index contributed by atoms with van der Waals surface area (Å²) < 4.78 is 1.72. The lowest BCUT2D eigenvalue weighted by molar-refractivity contribution is -0.119. The zero-order valence-corrected chi connectivity index (χ0v) is 10.4. The average molecular weight is 301 g/mol. The highest BCUT2D eigenvalue weighted by atomic mass is 127. The molecule has 0 atom stereocenters. The third-order valence-corrected chi connectivity index (χ3v) is 3.28. The molecule has 2 rings (SSSR count). The van der Waals surface area contributed by atoms with Crippen molar-refractivity contribution >= 4 is 28.8 Å². The zero-order chi connectivity index (χ0) is 10.3. The Morgan fingerprint density at radius 1 is 1.36 bits per heavy atom. The molecule has 1 aliphatic carbocycles. The molecule has 0 bridgehead atoms. The topological polar surface area (TPSA) is 20.3 Å². The van der Waals surface area contributed by atoms with Crippen LogP contribution in [0.25, 0.3) is 0 Å². The minimum Gasteiger partial charge on any atom is -0.276 e. The van der Waals surface area contributed by atoms with Crippen LogP contribution in [0.15, 0.2) is 35.5 Å². The molecule has 2 aliphatic rings. The fourth-order valence-electron chi connectivity index (χ4n) is 1.56. The molecule has 0 saturated carbocycles. The van der Waals surface area contributed by atoms with E-state index in [4.69, 9.17) is 0 Å². The van der Waals surface area contributed by atoms with Gasteiger partial charge < -0.3 is 0 Å². The number of rotatable bonds is 0. The Hall–Kier alpha value is -0.580. The summed E-state index contributed by atoms with van der Waals surface area (Å²) in [6, 6.07) is 0. The van der Waals surface area contributed by atoms with Gasteiger partial charge in [-0.15, -0.1) is 0 Å². The van der Waals surface area contributed by atoms with Crippen molar-refractivity contribution in [3.63, 3.8) is 0 Å². The van der Waals surface area contributed by atoms with E-state index in [1.54, 1.807) is 3.11 Å². The molecule has 1 heterocycles. The molecule has 0 N–H and O–H groups in total. The molecule has 14 heavy (non-hydrogen) atoms. The zero-order valence-electron chi connectivity index (χ0n) is 8.25. The number of carbonyl (C=O) groups excluding carboxylic acids is 1. The lowest BCUT2D eigenvalue weighted by Crippen LogP contribution is -2.15. The highest BCUT2D eigenvalue weighted by Crippen LogP contribution is 2.31. The molecule has 0 unspecified atom stereocenters. The summed E-state index contributed by atoms with van der Waals surface area (Å²) in [5, 5.41) is 0. The summed E-state index contributed by atoms with van der Waals surface area (Å²) in [5.41, 5.74) is 2.04. The number of nitrogens with zero attached hydrogens (tertiary/aromatic N) is 1. The lowest BCUT2D eigenvalue weighted by Gasteiger charge is -2.13. The Balaban J connectivity index is 2.40. The Morgan fingerprint density at radius 3 is 2.71 bits per heavy atom. The van der Waals surface area contributed by atoms with Crippen LogP contribution in [0.4, 0.5) is 0 Å². The van der Waals surface area contributed by atoms with Crippen LogP contribution in [0.2, 0.25) is 0 Å². The molecule has 0 saturated heterocycles. The van der Waals surface area contributed by atoms with Crippen molar-refractivity contribution in [1.29, 1.82) is 0 Å². The van der Waals surface area contributed by atoms with Crippen LogP contribution >= 0.6 is 22.9 Å². The molecule has 0 spiro atoms. The van der Waals surface area contributed by atoms with Crippen molar-refractivity contribution in [3.8, 4) is 0 Å². The minimum absolute atomic E-state index is 0.0563. The highest BCUT2D eigenvalue weighted by molar-refractivity contribution is 14.1. The van der Waals surface area contributed by atoms with Crippen molar-refractivity contribution in [2.24, 2.45) is 5.41 Å². The van der Waals surface area contributed by atoms with Crippen LogP contribution in [-0.2, 0) is 4.79 Å². The Kier molecular flexibility index (Phi) is 2.29. The third-order valence-electron chi connectivity index (χ3n) is 2.50. The molecule has 1 aliphatic heterocycles. The summed E-state index contributed by atoms with van der Waals surface area (Å²) in [6.45, 7) is 4.99. The lowest BCUT2D eigenvalue weighted by atomic mass is 9.93. The predicted molar refractivity (Wildman–Crippen MR) is 64.8 cm³/mol. The van der Waals surface area contributed by atoms with Crippen molar-refractivity contribution in [2.75, 3.05) is 6.54 Å². The number of carbonyl (C=O) groups is 1. The van der Waals surface area contributed by atoms with Gasteiger partial charge in [-0.25, -0.2) is 0 Å². The summed E-state index contributed by atoms with van der Waals surface area (Å²) in [6.07, 6.45) is 8.26. The van der Waals surface area contributed by atoms with Gasteiger partial charge in [0.2, 0.25) is 0 Å². The van der Waals surface area contributed by atoms with Gasteiger partial charge in [0.25, 0.3) is 5.91 Å². The number of hydrogen-bond acceptors (Lipinski definition) is 1. The quantitative estimate of drug-likeness (QED) is 0.497. The molecule has 0 aromatic heterocycles. The van der Waals surface area contributed by atoms with Crippen LogP contribution < -0.4 is 0 Å². The number of halogens is 1. The first-order valence-corrected chi connectivity index (χ1v) is 5.55. The molecule has 2 nitrogen and oxygen atoms in total. The van der Waals surface area contributed by atoms with E-state index in [-0.39, 0.29) is 11.3 Å². The van der Waals surface area contributed by atoms with Crippen LogP contribution in [0, 0.1) is 5.41 Å². The van der Waals surface area contributed by atoms with Gasteiger partial charge in [-0.2, -0.15) is 0 Å². The standard InChI is InChI=1S/C11H12INO/c1-11(2)5-3-8-7-13(12)10(14)9(8)4-6-11/h3-6H,7H2,1-2H3. The predicted octanol–water partition coefficient (Wildman–Crippen LogP) is 2.63. The molecule has 1 amide bonds. The molecular formula is C11H12INO. The largest absolute Gasteiger partial charge is 0.276 e. The maximum atomic E-state index is 11.7. The van der Waals surface area contributed by atoms with Crippen LogP contribution in [0.3, 0.4) is 0 Å². The monoisotopic (exact) mass is 301 g/mol. The maximum Gasteiger partial charge on any atom is 0.263 e. The second kappa shape index (κ2) is 3.22. The number of amides is 1. The summed E-state index contributed by atoms with van der Waals surface area (Å²) >= 11 is 2.06. The Morgan fingerprint density at radius 2 is 2.00 bits per heavy atom. The molecule has 0 aromatic rings. The van der Waals surface area contributed by atoms with Gasteiger partial charge in [-0.05, 0) is 5.57 Å². The first-order valence-electron chi connectivity index (χ1n) is 4.59. The molecule has 3 heteroatoms. The fourth-order valence-corrected chi connectivity index (χ4v) is 2.19. The molecule has 0 fully saturated rings. The third kappa shape index (κ3) is 1.65. The molecule has 74 valence electrons. The van der Waals surface area contributed by atoms with Crippen molar-refractivity contribution < 1.29 is 4.79 Å². The normalized spacial score (nSPS) is 24.2. The van der Waals surface area contributed by atoms with Crippen LogP contribution in [-0.4, -0.2) is 15.6 Å². The average Bonchev–Trinajstić information content (AvgIpc) is 2.27. The van der Waals surface area contributed by atoms with Crippen molar-refractivity contribution in [3.05, 3.63) is 35.5 Å². The van der Waals surface area contributed by atoms with E-state index in [0.29, 0.717) is 0 Å². The van der Waals surface area contributed by atoms with E-state index in [2.05, 4.69) is 54.9 Å². The highest BCUT2D eigenvalue weighted by Gasteiger charge is 2.27. The van der Waals surface area contributed by atoms with E-state index in [1.807, 2.05) is 6.08 Å². The van der Waals surface area contributed by atoms with Gasteiger partial charge in [0.15, 0.2) is 0 Å². The molecule has 0 radical (unpaired) electrons. The molecular weight excluding hydrogens is 289 g/mol. The first kappa shape index (κ1) is 9.96. The van der Waals surface area contributed by atoms with E-state index in [1.165, 1.54) is 0 Å². The van der Waals surface area contributed by atoms with Gasteiger partial charge in [0.1, 0.15) is 0 Å². The van der Waals surface area contributed by atoms with Crippen molar-refractivity contribution in [2.45, 2.75) is 13.8 Å². The maximum absolute atomic E-state index is 11.7. The van der Waals surface area contributed by atoms with E-state index < -0.39 is 0 Å². The summed E-state index contributed by atoms with van der Waals surface area (Å²) in [5.74, 6) is 0.124. The van der Waals surface area contributed by atoms with Gasteiger partial charge in [-0.3, -0.25) is 7.91 Å². The van der Waals surface area contributed by atoms with Gasteiger partial charge in [0, 0.05) is 11.0 Å². The first-order chi connectivity index (χ1) is 6.49. The summed E-state index contributed by atoms with van der Waals surface area (Å²) in [4.78, 5) is 11.7. The summed E-state index contributed by atoms with van der Waals surface area (Å²) in [7, 11) is 0. The molecule has 0 aromatic carbocycles. The fraction of sp³-hybridized carbons (Fsp3) is 0.364. The van der Waals surface area contributed by atoms with Gasteiger partial charge in [-0.1, -0.05) is 38.2 Å². The van der Waals surface area contributed by atoms with Crippen LogP contribution in [0.1, 0.15) is 13.8 Å². The van der Waals surface area contributed by atoms with E-state index >= 15 is 0 Å². The number of hydrogen-bond donors (Lipinski definition) is 0. The van der Waals surface area contributed by atoms with Crippen LogP contribution in [0.5, 0.6) is 0 Å². The van der Waals surface area contributed by atoms with E-state index in [9.17, 15) is 4.79 Å². The minimum atomic E-state index is 0.0563. The Labute approximate surface area is 97.8 Å². The van der Waals surface area contributed by atoms with E-state index in [0.717, 1.165) is 17.7 Å². The van der Waals surface area contributed by atoms with Gasteiger partial charge in [0.05, 0.1) is 29.4 Å². The Bertz CT molecular complexity index is 377. The van der Waals surface area contributed by atoms with Crippen molar-refractivity contribution in [1.82, 2.24) is 3.11 Å². The smallest absolute Gasteiger partial charge is 0.263 e. The number of allylic oxidation sites excluding steroid dienone is 2. The second-order valence-electron chi connectivity index (χ2n) is 4.25.